The van der Waals surface area contributed by atoms with Crippen molar-refractivity contribution < 1.29 is 9.26 Å². The summed E-state index contributed by atoms with van der Waals surface area (Å²) in [6.45, 7) is 1.16. The summed E-state index contributed by atoms with van der Waals surface area (Å²) >= 11 is 0. The molecule has 0 spiro atoms. The van der Waals surface area contributed by atoms with E-state index in [9.17, 15) is 0 Å². The van der Waals surface area contributed by atoms with E-state index in [-0.39, 0.29) is 0 Å². The van der Waals surface area contributed by atoms with Crippen LogP contribution >= 0.6 is 0 Å². The van der Waals surface area contributed by atoms with E-state index in [1.54, 1.807) is 7.11 Å². The molecule has 0 aliphatic heterocycles. The lowest BCUT2D eigenvalue weighted by Crippen LogP contribution is -1.98. The average Bonchev–Trinajstić information content (AvgIpc) is 2.61. The Bertz CT molecular complexity index is 250. The third kappa shape index (κ3) is 3.85. The van der Waals surface area contributed by atoms with Crippen molar-refractivity contribution in [3.63, 3.8) is 0 Å². The van der Waals surface area contributed by atoms with Crippen molar-refractivity contribution in [1.29, 1.82) is 0 Å². The molecule has 80 valence electrons. The van der Waals surface area contributed by atoms with Crippen LogP contribution in [0.4, 0.5) is 0 Å². The van der Waals surface area contributed by atoms with Crippen LogP contribution in [-0.2, 0) is 17.8 Å². The van der Waals surface area contributed by atoms with Gasteiger partial charge in [0.25, 0.3) is 0 Å². The van der Waals surface area contributed by atoms with Crippen LogP contribution in [0.25, 0.3) is 0 Å². The Morgan fingerprint density at radius 2 is 2.21 bits per heavy atom. The summed E-state index contributed by atoms with van der Waals surface area (Å²) in [5.41, 5.74) is 5.38. The number of rotatable bonds is 7. The van der Waals surface area contributed by atoms with E-state index in [0.29, 0.717) is 18.3 Å². The zero-order valence-electron chi connectivity index (χ0n) is 8.53. The fraction of sp³-hybridized carbons (Fsp3) is 0.778. The van der Waals surface area contributed by atoms with Gasteiger partial charge in [0.2, 0.25) is 5.89 Å². The minimum atomic E-state index is 0.409. The first-order valence-electron chi connectivity index (χ1n) is 4.87. The first-order chi connectivity index (χ1) is 6.86. The first kappa shape index (κ1) is 11.1. The molecule has 2 N–H and O–H groups in total. The van der Waals surface area contributed by atoms with Gasteiger partial charge in [-0.2, -0.15) is 4.98 Å². The Balaban J connectivity index is 2.22. The van der Waals surface area contributed by atoms with Gasteiger partial charge in [-0.25, -0.2) is 0 Å². The summed E-state index contributed by atoms with van der Waals surface area (Å²) in [5, 5.41) is 3.77. The standard InChI is InChI=1S/C9H17N3O2/c1-13-7-8-11-9(14-12-8)5-3-2-4-6-10/h2-7,10H2,1H3. The maximum absolute atomic E-state index is 5.38. The topological polar surface area (TPSA) is 74.2 Å². The molecule has 1 rings (SSSR count). The van der Waals surface area contributed by atoms with E-state index >= 15 is 0 Å². The van der Waals surface area contributed by atoms with Gasteiger partial charge in [0.15, 0.2) is 5.82 Å². The van der Waals surface area contributed by atoms with E-state index in [0.717, 1.165) is 32.2 Å². The van der Waals surface area contributed by atoms with Gasteiger partial charge in [0, 0.05) is 13.5 Å². The first-order valence-corrected chi connectivity index (χ1v) is 4.87. The molecule has 0 aromatic carbocycles. The average molecular weight is 199 g/mol. The fourth-order valence-corrected chi connectivity index (χ4v) is 1.18. The molecule has 1 aromatic heterocycles. The summed E-state index contributed by atoms with van der Waals surface area (Å²) in [7, 11) is 1.61. The molecule has 0 amide bonds. The zero-order chi connectivity index (χ0) is 10.2. The monoisotopic (exact) mass is 199 g/mol. The third-order valence-corrected chi connectivity index (χ3v) is 1.88. The lowest BCUT2D eigenvalue weighted by Gasteiger charge is -1.94. The van der Waals surface area contributed by atoms with Crippen molar-refractivity contribution in [2.45, 2.75) is 32.3 Å². The lowest BCUT2D eigenvalue weighted by molar-refractivity contribution is 0.174. The van der Waals surface area contributed by atoms with Gasteiger partial charge < -0.3 is 15.0 Å². The van der Waals surface area contributed by atoms with Gasteiger partial charge in [0.05, 0.1) is 0 Å². The fourth-order valence-electron chi connectivity index (χ4n) is 1.18. The number of aromatic nitrogens is 2. The van der Waals surface area contributed by atoms with Gasteiger partial charge in [-0.15, -0.1) is 0 Å². The second kappa shape index (κ2) is 6.50. The minimum Gasteiger partial charge on any atom is -0.377 e. The second-order valence-electron chi connectivity index (χ2n) is 3.14. The highest BCUT2D eigenvalue weighted by Gasteiger charge is 2.04. The summed E-state index contributed by atoms with van der Waals surface area (Å²) in [6.07, 6.45) is 4.04. The SMILES string of the molecule is COCc1noc(CCCCCN)n1. The molecule has 1 aromatic rings. The highest BCUT2D eigenvalue weighted by molar-refractivity contribution is 4.84. The molecule has 0 fully saturated rings. The second-order valence-corrected chi connectivity index (χ2v) is 3.14. The molecule has 1 heterocycles. The predicted octanol–water partition coefficient (Wildman–Crippen LogP) is 0.887. The molecular weight excluding hydrogens is 182 g/mol. The Hall–Kier alpha value is -0.940. The van der Waals surface area contributed by atoms with E-state index in [1.807, 2.05) is 0 Å². The summed E-state index contributed by atoms with van der Waals surface area (Å²) in [5.74, 6) is 1.30. The molecule has 0 unspecified atom stereocenters. The molecular formula is C9H17N3O2. The van der Waals surface area contributed by atoms with Crippen molar-refractivity contribution in [3.05, 3.63) is 11.7 Å². The van der Waals surface area contributed by atoms with Crippen LogP contribution in [-0.4, -0.2) is 23.8 Å². The molecule has 5 heteroatoms. The number of aryl methyl sites for hydroxylation is 1. The molecule has 0 saturated heterocycles. The summed E-state index contributed by atoms with van der Waals surface area (Å²) < 4.78 is 9.91. The van der Waals surface area contributed by atoms with E-state index in [1.165, 1.54) is 0 Å². The molecule has 5 nitrogen and oxygen atoms in total. The van der Waals surface area contributed by atoms with Crippen molar-refractivity contribution in [1.82, 2.24) is 10.1 Å². The van der Waals surface area contributed by atoms with Crippen LogP contribution < -0.4 is 5.73 Å². The summed E-state index contributed by atoms with van der Waals surface area (Å²) in [4.78, 5) is 4.16. The quantitative estimate of drug-likeness (QED) is 0.660. The number of methoxy groups -OCH3 is 1. The van der Waals surface area contributed by atoms with Gasteiger partial charge >= 0.3 is 0 Å². The Labute approximate surface area is 83.6 Å². The predicted molar refractivity (Wildman–Crippen MR) is 51.6 cm³/mol. The van der Waals surface area contributed by atoms with Crippen molar-refractivity contribution in [2.24, 2.45) is 5.73 Å². The highest BCUT2D eigenvalue weighted by atomic mass is 16.5. The minimum absolute atomic E-state index is 0.409. The Morgan fingerprint density at radius 3 is 2.93 bits per heavy atom. The van der Waals surface area contributed by atoms with E-state index in [2.05, 4.69) is 10.1 Å². The normalized spacial score (nSPS) is 10.7. The van der Waals surface area contributed by atoms with E-state index in [4.69, 9.17) is 15.0 Å². The zero-order valence-corrected chi connectivity index (χ0v) is 8.53. The van der Waals surface area contributed by atoms with Gasteiger partial charge in [-0.1, -0.05) is 11.6 Å². The number of unbranched alkanes of at least 4 members (excludes halogenated alkanes) is 2. The molecule has 0 atom stereocenters. The van der Waals surface area contributed by atoms with Crippen LogP contribution in [0.5, 0.6) is 0 Å². The van der Waals surface area contributed by atoms with Crippen LogP contribution in [0.3, 0.4) is 0 Å². The molecule has 0 saturated carbocycles. The van der Waals surface area contributed by atoms with Crippen molar-refractivity contribution >= 4 is 0 Å². The molecule has 0 bridgehead atoms. The van der Waals surface area contributed by atoms with Gasteiger partial charge in [-0.05, 0) is 19.4 Å². The number of hydrogen-bond acceptors (Lipinski definition) is 5. The summed E-state index contributed by atoms with van der Waals surface area (Å²) in [6, 6.07) is 0. The van der Waals surface area contributed by atoms with Crippen LogP contribution in [0.2, 0.25) is 0 Å². The largest absolute Gasteiger partial charge is 0.377 e. The van der Waals surface area contributed by atoms with Gasteiger partial charge in [-0.3, -0.25) is 0 Å². The van der Waals surface area contributed by atoms with E-state index < -0.39 is 0 Å². The third-order valence-electron chi connectivity index (χ3n) is 1.88. The smallest absolute Gasteiger partial charge is 0.226 e. The Morgan fingerprint density at radius 1 is 1.36 bits per heavy atom. The van der Waals surface area contributed by atoms with Crippen molar-refractivity contribution in [2.75, 3.05) is 13.7 Å². The molecule has 0 aliphatic carbocycles. The van der Waals surface area contributed by atoms with Crippen LogP contribution in [0, 0.1) is 0 Å². The molecule has 14 heavy (non-hydrogen) atoms. The maximum Gasteiger partial charge on any atom is 0.226 e. The van der Waals surface area contributed by atoms with Crippen molar-refractivity contribution in [3.8, 4) is 0 Å². The number of ether oxygens (including phenoxy) is 1. The van der Waals surface area contributed by atoms with Gasteiger partial charge in [0.1, 0.15) is 6.61 Å². The molecule has 0 radical (unpaired) electrons. The molecule has 0 aliphatic rings. The number of nitrogens with two attached hydrogens (primary N) is 1. The highest BCUT2D eigenvalue weighted by Crippen LogP contribution is 2.04. The lowest BCUT2D eigenvalue weighted by atomic mass is 10.2. The maximum atomic E-state index is 5.38. The number of hydrogen-bond donors (Lipinski definition) is 1. The van der Waals surface area contributed by atoms with Crippen LogP contribution in [0.1, 0.15) is 31.0 Å². The van der Waals surface area contributed by atoms with Crippen LogP contribution in [0.15, 0.2) is 4.52 Å². The number of nitrogens with zero attached hydrogens (tertiary/aromatic N) is 2. The Kier molecular flexibility index (Phi) is 5.17.